The summed E-state index contributed by atoms with van der Waals surface area (Å²) in [6.07, 6.45) is 1.87. The van der Waals surface area contributed by atoms with Crippen molar-refractivity contribution in [2.75, 3.05) is 6.61 Å². The molecule has 1 aliphatic rings. The first-order valence-corrected chi connectivity index (χ1v) is 10.9. The Morgan fingerprint density at radius 2 is 1.68 bits per heavy atom. The molecular weight excluding hydrogens is 434 g/mol. The monoisotopic (exact) mass is 459 g/mol. The number of carboxylic acids is 1. The zero-order chi connectivity index (χ0) is 24.1. The second-order valence-corrected chi connectivity index (χ2v) is 8.14. The van der Waals surface area contributed by atoms with Gasteiger partial charge in [0.2, 0.25) is 5.91 Å². The lowest BCUT2D eigenvalue weighted by Crippen LogP contribution is -2.48. The number of hydrogen-bond acceptors (Lipinski definition) is 5. The average molecular weight is 460 g/mol. The molecule has 2 aromatic carbocycles. The molecule has 8 heteroatoms. The zero-order valence-corrected chi connectivity index (χ0v) is 18.7. The second kappa shape index (κ2) is 10.2. The van der Waals surface area contributed by atoms with Gasteiger partial charge in [-0.3, -0.25) is 14.6 Å². The van der Waals surface area contributed by atoms with Gasteiger partial charge in [0.05, 0.1) is 6.42 Å². The van der Waals surface area contributed by atoms with Crippen molar-refractivity contribution >= 4 is 18.0 Å². The van der Waals surface area contributed by atoms with E-state index < -0.39 is 30.4 Å². The molecule has 174 valence electrons. The van der Waals surface area contributed by atoms with E-state index in [-0.39, 0.29) is 19.1 Å². The Morgan fingerprint density at radius 1 is 1.03 bits per heavy atom. The van der Waals surface area contributed by atoms with Crippen LogP contribution in [0.1, 0.15) is 34.6 Å². The van der Waals surface area contributed by atoms with Crippen molar-refractivity contribution in [3.8, 4) is 11.1 Å². The lowest BCUT2D eigenvalue weighted by atomic mass is 9.98. The van der Waals surface area contributed by atoms with Crippen LogP contribution in [0.25, 0.3) is 11.1 Å². The molecule has 1 heterocycles. The summed E-state index contributed by atoms with van der Waals surface area (Å²) >= 11 is 0. The number of aliphatic carboxylic acids is 1. The van der Waals surface area contributed by atoms with E-state index >= 15 is 0 Å². The van der Waals surface area contributed by atoms with Crippen LogP contribution in [0, 0.1) is 6.92 Å². The second-order valence-electron chi connectivity index (χ2n) is 8.14. The molecule has 2 amide bonds. The summed E-state index contributed by atoms with van der Waals surface area (Å²) in [5.41, 5.74) is 6.05. The quantitative estimate of drug-likeness (QED) is 0.475. The van der Waals surface area contributed by atoms with Crippen molar-refractivity contribution in [2.24, 2.45) is 0 Å². The Labute approximate surface area is 197 Å². The molecule has 0 spiro atoms. The number of alkyl carbamates (subject to hydrolysis) is 1. The number of aromatic nitrogens is 1. The Bertz CT molecular complexity index is 1180. The van der Waals surface area contributed by atoms with Gasteiger partial charge in [0.1, 0.15) is 12.6 Å². The molecule has 0 fully saturated rings. The standard InChI is InChI=1S/C26H25N3O5/c1-16-13-27-11-10-17(16)14-28-25(32)23(12-24(30)31)29-26(33)34-15-22-20-8-4-2-6-18(20)19-7-3-5-9-21(19)22/h2-11,13,22-23H,12,14-15H2,1H3,(H,28,32)(H,29,33)(H,30,31). The first-order chi connectivity index (χ1) is 16.4. The van der Waals surface area contributed by atoms with E-state index in [2.05, 4.69) is 15.6 Å². The number of fused-ring (bicyclic) bond motifs is 3. The molecule has 3 aromatic rings. The molecule has 8 nitrogen and oxygen atoms in total. The maximum atomic E-state index is 12.6. The van der Waals surface area contributed by atoms with Gasteiger partial charge in [-0.15, -0.1) is 0 Å². The minimum Gasteiger partial charge on any atom is -0.481 e. The smallest absolute Gasteiger partial charge is 0.407 e. The van der Waals surface area contributed by atoms with Crippen molar-refractivity contribution in [1.29, 1.82) is 0 Å². The summed E-state index contributed by atoms with van der Waals surface area (Å²) in [5, 5.41) is 14.3. The van der Waals surface area contributed by atoms with E-state index in [1.54, 1.807) is 18.5 Å². The molecule has 1 unspecified atom stereocenters. The molecule has 0 bridgehead atoms. The zero-order valence-electron chi connectivity index (χ0n) is 18.7. The van der Waals surface area contributed by atoms with E-state index in [4.69, 9.17) is 4.74 Å². The van der Waals surface area contributed by atoms with Gasteiger partial charge in [-0.25, -0.2) is 4.79 Å². The Hall–Kier alpha value is -4.20. The molecule has 4 rings (SSSR count). The SMILES string of the molecule is Cc1cnccc1CNC(=O)C(CC(=O)O)NC(=O)OCC1c2ccccc2-c2ccccc21. The van der Waals surface area contributed by atoms with E-state index in [1.165, 1.54) is 0 Å². The summed E-state index contributed by atoms with van der Waals surface area (Å²) in [6.45, 7) is 2.12. The number of aryl methyl sites for hydroxylation is 1. The van der Waals surface area contributed by atoms with Crippen molar-refractivity contribution in [2.45, 2.75) is 31.8 Å². The van der Waals surface area contributed by atoms with Gasteiger partial charge in [0.25, 0.3) is 0 Å². The minimum atomic E-state index is -1.27. The normalized spacial score (nSPS) is 12.9. The number of carbonyl (C=O) groups excluding carboxylic acids is 2. The number of nitrogens with zero attached hydrogens (tertiary/aromatic N) is 1. The fraction of sp³-hybridized carbons (Fsp3) is 0.231. The van der Waals surface area contributed by atoms with Crippen molar-refractivity contribution in [1.82, 2.24) is 15.6 Å². The van der Waals surface area contributed by atoms with Crippen LogP contribution in [0.5, 0.6) is 0 Å². The number of benzene rings is 2. The summed E-state index contributed by atoms with van der Waals surface area (Å²) in [4.78, 5) is 40.4. The fourth-order valence-electron chi connectivity index (χ4n) is 4.17. The van der Waals surface area contributed by atoms with Gasteiger partial charge in [-0.05, 0) is 46.4 Å². The van der Waals surface area contributed by atoms with Crippen molar-refractivity contribution in [3.63, 3.8) is 0 Å². The van der Waals surface area contributed by atoms with Crippen LogP contribution in [0.2, 0.25) is 0 Å². The first-order valence-electron chi connectivity index (χ1n) is 10.9. The lowest BCUT2D eigenvalue weighted by Gasteiger charge is -2.19. The molecule has 0 saturated heterocycles. The van der Waals surface area contributed by atoms with Gasteiger partial charge >= 0.3 is 12.1 Å². The highest BCUT2D eigenvalue weighted by molar-refractivity contribution is 5.89. The summed E-state index contributed by atoms with van der Waals surface area (Å²) in [7, 11) is 0. The molecule has 1 aliphatic carbocycles. The highest BCUT2D eigenvalue weighted by Gasteiger charge is 2.30. The fourth-order valence-corrected chi connectivity index (χ4v) is 4.17. The number of carboxylic acid groups (broad SMARTS) is 1. The number of hydrogen-bond donors (Lipinski definition) is 3. The molecule has 0 radical (unpaired) electrons. The van der Waals surface area contributed by atoms with Gasteiger partial charge in [0.15, 0.2) is 0 Å². The number of pyridine rings is 1. The predicted molar refractivity (Wildman–Crippen MR) is 125 cm³/mol. The third-order valence-corrected chi connectivity index (χ3v) is 5.92. The first kappa shape index (κ1) is 23.0. The predicted octanol–water partition coefficient (Wildman–Crippen LogP) is 3.39. The van der Waals surface area contributed by atoms with Crippen LogP contribution in [-0.2, 0) is 20.9 Å². The van der Waals surface area contributed by atoms with Crippen LogP contribution in [0.15, 0.2) is 67.0 Å². The topological polar surface area (TPSA) is 118 Å². The largest absolute Gasteiger partial charge is 0.481 e. The highest BCUT2D eigenvalue weighted by Crippen LogP contribution is 2.44. The van der Waals surface area contributed by atoms with Gasteiger partial charge in [0, 0.05) is 24.9 Å². The van der Waals surface area contributed by atoms with E-state index in [9.17, 15) is 19.5 Å². The third kappa shape index (κ3) is 5.06. The van der Waals surface area contributed by atoms with Gasteiger partial charge < -0.3 is 20.5 Å². The minimum absolute atomic E-state index is 0.0669. The number of ether oxygens (including phenoxy) is 1. The molecule has 1 aromatic heterocycles. The molecule has 34 heavy (non-hydrogen) atoms. The maximum absolute atomic E-state index is 12.6. The van der Waals surface area contributed by atoms with Crippen molar-refractivity contribution in [3.05, 3.63) is 89.2 Å². The number of rotatable bonds is 8. The van der Waals surface area contributed by atoms with Crippen LogP contribution < -0.4 is 10.6 Å². The highest BCUT2D eigenvalue weighted by atomic mass is 16.5. The summed E-state index contributed by atoms with van der Waals surface area (Å²) < 4.78 is 5.45. The molecule has 1 atom stereocenters. The van der Waals surface area contributed by atoms with Crippen molar-refractivity contribution < 1.29 is 24.2 Å². The summed E-state index contributed by atoms with van der Waals surface area (Å²) in [6, 6.07) is 16.4. The Morgan fingerprint density at radius 3 is 2.29 bits per heavy atom. The number of nitrogens with one attached hydrogen (secondary N) is 2. The Balaban J connectivity index is 1.39. The lowest BCUT2D eigenvalue weighted by molar-refractivity contribution is -0.139. The molecular formula is C26H25N3O5. The van der Waals surface area contributed by atoms with E-state index in [0.717, 1.165) is 33.4 Å². The number of amides is 2. The van der Waals surface area contributed by atoms with Crippen LogP contribution in [0.3, 0.4) is 0 Å². The molecule has 0 saturated carbocycles. The van der Waals surface area contributed by atoms with Gasteiger partial charge in [-0.1, -0.05) is 48.5 Å². The van der Waals surface area contributed by atoms with Crippen LogP contribution in [0.4, 0.5) is 4.79 Å². The van der Waals surface area contributed by atoms with Crippen LogP contribution in [-0.4, -0.2) is 40.7 Å². The van der Waals surface area contributed by atoms with E-state index in [1.807, 2.05) is 55.5 Å². The summed E-state index contributed by atoms with van der Waals surface area (Å²) in [5.74, 6) is -1.95. The van der Waals surface area contributed by atoms with Gasteiger partial charge in [-0.2, -0.15) is 0 Å². The van der Waals surface area contributed by atoms with E-state index in [0.29, 0.717) is 0 Å². The molecule has 0 aliphatic heterocycles. The number of carbonyl (C=O) groups is 3. The van der Waals surface area contributed by atoms with Crippen LogP contribution >= 0.6 is 0 Å². The molecule has 3 N–H and O–H groups in total. The average Bonchev–Trinajstić information content (AvgIpc) is 3.15. The Kier molecular flexibility index (Phi) is 6.87. The maximum Gasteiger partial charge on any atom is 0.407 e. The third-order valence-electron chi connectivity index (χ3n) is 5.92.